The van der Waals surface area contributed by atoms with Gasteiger partial charge in [0.25, 0.3) is 0 Å². The molecule has 0 saturated heterocycles. The van der Waals surface area contributed by atoms with Gasteiger partial charge in [-0.25, -0.2) is 0 Å². The predicted octanol–water partition coefficient (Wildman–Crippen LogP) is 11.9. The van der Waals surface area contributed by atoms with Crippen LogP contribution in [0.2, 0.25) is 0 Å². The maximum atomic E-state index is 6.12. The van der Waals surface area contributed by atoms with Gasteiger partial charge in [0.15, 0.2) is 0 Å². The molecule has 1 nitrogen and oxygen atoms in total. The maximum Gasteiger partial charge on any atom is 0.136 e. The summed E-state index contributed by atoms with van der Waals surface area (Å²) in [5, 5.41) is 5.00. The lowest BCUT2D eigenvalue weighted by molar-refractivity contribution is 0.669. The van der Waals surface area contributed by atoms with Crippen LogP contribution in [0.25, 0.3) is 77.2 Å². The third-order valence-electron chi connectivity index (χ3n) is 8.53. The van der Waals surface area contributed by atoms with Crippen molar-refractivity contribution in [3.05, 3.63) is 146 Å². The third-order valence-corrected chi connectivity index (χ3v) is 9.66. The van der Waals surface area contributed by atoms with E-state index in [1.165, 1.54) is 70.5 Å². The van der Waals surface area contributed by atoms with Gasteiger partial charge in [0, 0.05) is 25.9 Å². The van der Waals surface area contributed by atoms with Gasteiger partial charge < -0.3 is 4.42 Å². The Morgan fingerprint density at radius 3 is 1.76 bits per heavy atom. The molecule has 196 valence electrons. The molecule has 0 atom stereocenters. The van der Waals surface area contributed by atoms with E-state index in [1.807, 2.05) is 23.9 Å². The molecule has 9 rings (SSSR count). The van der Waals surface area contributed by atoms with Gasteiger partial charge in [-0.1, -0.05) is 133 Å². The highest BCUT2D eigenvalue weighted by atomic mass is 32.2. The first-order valence-electron chi connectivity index (χ1n) is 14.3. The van der Waals surface area contributed by atoms with E-state index >= 15 is 0 Å². The minimum Gasteiger partial charge on any atom is -0.456 e. The van der Waals surface area contributed by atoms with E-state index < -0.39 is 0 Å². The first-order valence-corrected chi connectivity index (χ1v) is 15.1. The van der Waals surface area contributed by atoms with Crippen LogP contribution in [0, 0.1) is 0 Å². The molecule has 0 unspecified atom stereocenters. The highest BCUT2D eigenvalue weighted by Crippen LogP contribution is 2.49. The van der Waals surface area contributed by atoms with Gasteiger partial charge in [0.2, 0.25) is 0 Å². The van der Waals surface area contributed by atoms with Crippen LogP contribution in [0.1, 0.15) is 0 Å². The average molecular weight is 553 g/mol. The van der Waals surface area contributed by atoms with Crippen molar-refractivity contribution >= 4 is 44.5 Å². The Hall–Kier alpha value is -5.05. The molecule has 1 aliphatic rings. The second-order valence-electron chi connectivity index (χ2n) is 10.9. The molecule has 1 aromatic heterocycles. The summed E-state index contributed by atoms with van der Waals surface area (Å²) in [6.07, 6.45) is 0. The van der Waals surface area contributed by atoms with Gasteiger partial charge in [-0.2, -0.15) is 0 Å². The van der Waals surface area contributed by atoms with E-state index in [4.69, 9.17) is 4.42 Å². The second kappa shape index (κ2) is 9.24. The fourth-order valence-corrected chi connectivity index (χ4v) is 7.66. The molecule has 0 spiro atoms. The van der Waals surface area contributed by atoms with Crippen molar-refractivity contribution in [2.75, 3.05) is 0 Å². The van der Waals surface area contributed by atoms with Crippen molar-refractivity contribution in [2.24, 2.45) is 0 Å². The largest absolute Gasteiger partial charge is 0.456 e. The van der Waals surface area contributed by atoms with E-state index in [-0.39, 0.29) is 0 Å². The molecule has 42 heavy (non-hydrogen) atoms. The lowest BCUT2D eigenvalue weighted by atomic mass is 9.91. The van der Waals surface area contributed by atoms with Crippen LogP contribution in [-0.4, -0.2) is 0 Å². The van der Waals surface area contributed by atoms with Gasteiger partial charge in [-0.3, -0.25) is 0 Å². The summed E-state index contributed by atoms with van der Waals surface area (Å²) >= 11 is 1.87. The van der Waals surface area contributed by atoms with Gasteiger partial charge in [-0.05, 0) is 74.2 Å². The standard InChI is InChI=1S/C40H24OS/c1-3-12-35-34(8-1)39-30(9-6-13-36(39)41-35)28-21-17-26(18-22-28)25-15-19-27(20-16-25)29-23-24-38-40-32(29)10-5-11-33(40)31-7-2-4-14-37(31)42-38/h1-24H. The van der Waals surface area contributed by atoms with Crippen LogP contribution in [-0.2, 0) is 0 Å². The van der Waals surface area contributed by atoms with Gasteiger partial charge in [-0.15, -0.1) is 0 Å². The zero-order valence-corrected chi connectivity index (χ0v) is 23.5. The van der Waals surface area contributed by atoms with Crippen LogP contribution >= 0.6 is 11.8 Å². The van der Waals surface area contributed by atoms with Crippen LogP contribution in [0.15, 0.2) is 160 Å². The molecule has 2 heterocycles. The first-order chi connectivity index (χ1) is 20.8. The average Bonchev–Trinajstić information content (AvgIpc) is 3.44. The van der Waals surface area contributed by atoms with Gasteiger partial charge >= 0.3 is 0 Å². The van der Waals surface area contributed by atoms with E-state index in [0.717, 1.165) is 16.6 Å². The summed E-state index contributed by atoms with van der Waals surface area (Å²) in [6, 6.07) is 52.5. The summed E-state index contributed by atoms with van der Waals surface area (Å²) in [7, 11) is 0. The lowest BCUT2D eigenvalue weighted by Crippen LogP contribution is -1.94. The van der Waals surface area contributed by atoms with E-state index in [1.54, 1.807) is 0 Å². The van der Waals surface area contributed by atoms with Crippen molar-refractivity contribution in [2.45, 2.75) is 9.79 Å². The molecule has 0 N–H and O–H groups in total. The second-order valence-corrected chi connectivity index (χ2v) is 12.0. The van der Waals surface area contributed by atoms with E-state index in [9.17, 15) is 0 Å². The Morgan fingerprint density at radius 2 is 0.929 bits per heavy atom. The number of hydrogen-bond donors (Lipinski definition) is 0. The first kappa shape index (κ1) is 23.6. The van der Waals surface area contributed by atoms with Gasteiger partial charge in [0.1, 0.15) is 11.2 Å². The van der Waals surface area contributed by atoms with Crippen molar-refractivity contribution < 1.29 is 4.42 Å². The number of furan rings is 1. The molecular formula is C40H24OS. The summed E-state index contributed by atoms with van der Waals surface area (Å²) in [6.45, 7) is 0. The highest BCUT2D eigenvalue weighted by Gasteiger charge is 2.20. The van der Waals surface area contributed by atoms with Gasteiger partial charge in [0.05, 0.1) is 0 Å². The number of fused-ring (bicyclic) bond motifs is 5. The zero-order valence-electron chi connectivity index (χ0n) is 22.7. The third kappa shape index (κ3) is 3.59. The van der Waals surface area contributed by atoms with Crippen LogP contribution in [0.4, 0.5) is 0 Å². The number of benzene rings is 7. The Labute approximate surface area is 248 Å². The molecule has 2 heteroatoms. The van der Waals surface area contributed by atoms with Crippen LogP contribution in [0.3, 0.4) is 0 Å². The SMILES string of the molecule is c1ccc2c(c1)Sc1ccc(-c3ccc(-c4ccc(-c5cccc6oc7ccccc7c56)cc4)cc3)c3cccc-2c13. The Balaban J connectivity index is 1.07. The highest BCUT2D eigenvalue weighted by molar-refractivity contribution is 7.99. The number of para-hydroxylation sites is 1. The fourth-order valence-electron chi connectivity index (χ4n) is 6.53. The molecule has 0 fully saturated rings. The molecule has 0 aliphatic carbocycles. The van der Waals surface area contributed by atoms with Crippen molar-refractivity contribution in [3.63, 3.8) is 0 Å². The Morgan fingerprint density at radius 1 is 0.333 bits per heavy atom. The van der Waals surface area contributed by atoms with E-state index in [2.05, 4.69) is 133 Å². The van der Waals surface area contributed by atoms with Crippen LogP contribution in [0.5, 0.6) is 0 Å². The number of rotatable bonds is 3. The minimum absolute atomic E-state index is 0.926. The summed E-state index contributed by atoms with van der Waals surface area (Å²) in [5.41, 5.74) is 11.8. The number of hydrogen-bond acceptors (Lipinski definition) is 2. The molecule has 0 saturated carbocycles. The van der Waals surface area contributed by atoms with Crippen molar-refractivity contribution in [1.29, 1.82) is 0 Å². The molecular weight excluding hydrogens is 529 g/mol. The van der Waals surface area contributed by atoms with Crippen molar-refractivity contribution in [3.8, 4) is 44.5 Å². The molecule has 0 amide bonds. The molecule has 0 radical (unpaired) electrons. The Kier molecular flexibility index (Phi) is 5.20. The predicted molar refractivity (Wildman–Crippen MR) is 177 cm³/mol. The summed E-state index contributed by atoms with van der Waals surface area (Å²) in [5.74, 6) is 0. The minimum atomic E-state index is 0.926. The zero-order chi connectivity index (χ0) is 27.6. The summed E-state index contributed by atoms with van der Waals surface area (Å²) in [4.78, 5) is 2.66. The lowest BCUT2D eigenvalue weighted by Gasteiger charge is -2.21. The molecule has 0 bridgehead atoms. The van der Waals surface area contributed by atoms with Crippen molar-refractivity contribution in [1.82, 2.24) is 0 Å². The smallest absolute Gasteiger partial charge is 0.136 e. The monoisotopic (exact) mass is 552 g/mol. The van der Waals surface area contributed by atoms with E-state index in [0.29, 0.717) is 0 Å². The quantitative estimate of drug-likeness (QED) is 0.216. The Bertz CT molecular complexity index is 2310. The van der Waals surface area contributed by atoms with Crippen LogP contribution < -0.4 is 0 Å². The molecule has 7 aromatic carbocycles. The normalized spacial score (nSPS) is 12.2. The summed E-state index contributed by atoms with van der Waals surface area (Å²) < 4.78 is 6.12. The maximum absolute atomic E-state index is 6.12. The molecule has 8 aromatic rings. The topological polar surface area (TPSA) is 13.1 Å². The fraction of sp³-hybridized carbons (Fsp3) is 0. The molecule has 1 aliphatic heterocycles.